The predicted octanol–water partition coefficient (Wildman–Crippen LogP) is 1.70. The maximum absolute atomic E-state index is 12.3. The summed E-state index contributed by atoms with van der Waals surface area (Å²) in [4.78, 5) is 23.8. The van der Waals surface area contributed by atoms with Gasteiger partial charge in [-0.05, 0) is 31.2 Å². The van der Waals surface area contributed by atoms with Gasteiger partial charge in [-0.25, -0.2) is 4.79 Å². The second kappa shape index (κ2) is 6.15. The van der Waals surface area contributed by atoms with Gasteiger partial charge < -0.3 is 8.92 Å². The van der Waals surface area contributed by atoms with Crippen LogP contribution in [0.3, 0.4) is 0 Å². The molecular formula is C13H10F3NO6S. The summed E-state index contributed by atoms with van der Waals surface area (Å²) in [5.41, 5.74) is -6.64. The van der Waals surface area contributed by atoms with Crippen molar-refractivity contribution in [2.24, 2.45) is 0 Å². The third kappa shape index (κ3) is 3.35. The molecule has 0 amide bonds. The summed E-state index contributed by atoms with van der Waals surface area (Å²) in [6.45, 7) is 1.55. The van der Waals surface area contributed by atoms with Crippen LogP contribution >= 0.6 is 0 Å². The Morgan fingerprint density at radius 1 is 1.21 bits per heavy atom. The highest BCUT2D eigenvalue weighted by atomic mass is 32.2. The number of carbonyl (C=O) groups excluding carboxylic acids is 1. The summed E-state index contributed by atoms with van der Waals surface area (Å²) >= 11 is 0. The zero-order chi connectivity index (χ0) is 18.1. The fraction of sp³-hybridized carbons (Fsp3) is 0.231. The van der Waals surface area contributed by atoms with Crippen molar-refractivity contribution >= 4 is 21.6 Å². The minimum atomic E-state index is -5.87. The molecule has 0 aliphatic rings. The summed E-state index contributed by atoms with van der Waals surface area (Å²) < 4.78 is 68.4. The van der Waals surface area contributed by atoms with Gasteiger partial charge in [0.2, 0.25) is 0 Å². The molecular weight excluding hydrogens is 355 g/mol. The lowest BCUT2D eigenvalue weighted by molar-refractivity contribution is -0.0500. The van der Waals surface area contributed by atoms with E-state index in [1.807, 2.05) is 0 Å². The van der Waals surface area contributed by atoms with Crippen LogP contribution in [-0.4, -0.2) is 30.9 Å². The van der Waals surface area contributed by atoms with Gasteiger partial charge in [0, 0.05) is 5.52 Å². The molecule has 2 rings (SSSR count). The van der Waals surface area contributed by atoms with Crippen LogP contribution in [-0.2, 0) is 14.9 Å². The van der Waals surface area contributed by atoms with Crippen LogP contribution in [0.25, 0.3) is 5.52 Å². The van der Waals surface area contributed by atoms with Crippen LogP contribution in [0.5, 0.6) is 5.75 Å². The molecule has 0 aliphatic carbocycles. The number of ether oxygens (including phenoxy) is 1. The Morgan fingerprint density at radius 3 is 2.42 bits per heavy atom. The topological polar surface area (TPSA) is 91.2 Å². The Balaban J connectivity index is 2.52. The number of hydrogen-bond donors (Lipinski definition) is 0. The first kappa shape index (κ1) is 17.8. The molecule has 0 saturated heterocycles. The van der Waals surface area contributed by atoms with E-state index in [9.17, 15) is 31.2 Å². The lowest BCUT2D eigenvalue weighted by atomic mass is 10.2. The minimum absolute atomic E-state index is 0.0218. The molecule has 0 radical (unpaired) electrons. The van der Waals surface area contributed by atoms with Gasteiger partial charge in [-0.1, -0.05) is 0 Å². The summed E-state index contributed by atoms with van der Waals surface area (Å²) in [6.07, 6.45) is 0.740. The van der Waals surface area contributed by atoms with E-state index < -0.39 is 32.9 Å². The summed E-state index contributed by atoms with van der Waals surface area (Å²) in [7, 11) is -5.87. The number of halogens is 3. The van der Waals surface area contributed by atoms with E-state index in [1.165, 1.54) is 19.1 Å². The van der Waals surface area contributed by atoms with Gasteiger partial charge in [-0.3, -0.25) is 9.20 Å². The quantitative estimate of drug-likeness (QED) is 0.465. The number of fused-ring (bicyclic) bond motifs is 1. The van der Waals surface area contributed by atoms with Crippen LogP contribution in [0.2, 0.25) is 0 Å². The van der Waals surface area contributed by atoms with Crippen molar-refractivity contribution in [1.82, 2.24) is 4.40 Å². The fourth-order valence-electron chi connectivity index (χ4n) is 1.76. The Hall–Kier alpha value is -2.56. The van der Waals surface area contributed by atoms with Gasteiger partial charge in [-0.15, -0.1) is 0 Å². The first-order valence-corrected chi connectivity index (χ1v) is 7.81. The number of pyridine rings is 2. The van der Waals surface area contributed by atoms with E-state index in [-0.39, 0.29) is 17.7 Å². The monoisotopic (exact) mass is 365 g/mol. The predicted molar refractivity (Wildman–Crippen MR) is 75.2 cm³/mol. The number of alkyl halides is 3. The molecule has 0 bridgehead atoms. The van der Waals surface area contributed by atoms with Gasteiger partial charge in [0.25, 0.3) is 5.56 Å². The maximum atomic E-state index is 12.3. The molecule has 7 nitrogen and oxygen atoms in total. The molecule has 130 valence electrons. The molecule has 0 aliphatic heterocycles. The van der Waals surface area contributed by atoms with Gasteiger partial charge in [0.15, 0.2) is 5.75 Å². The van der Waals surface area contributed by atoms with Gasteiger partial charge >= 0.3 is 21.6 Å². The van der Waals surface area contributed by atoms with Gasteiger partial charge in [-0.2, -0.15) is 21.6 Å². The molecule has 2 aromatic heterocycles. The molecule has 0 atom stereocenters. The van der Waals surface area contributed by atoms with Crippen molar-refractivity contribution in [3.8, 4) is 5.75 Å². The van der Waals surface area contributed by atoms with E-state index in [0.29, 0.717) is 0 Å². The number of carbonyl (C=O) groups is 1. The van der Waals surface area contributed by atoms with Crippen molar-refractivity contribution in [3.05, 3.63) is 46.4 Å². The van der Waals surface area contributed by atoms with Crippen LogP contribution in [0.15, 0.2) is 35.3 Å². The summed E-state index contributed by atoms with van der Waals surface area (Å²) in [6, 6.07) is 4.65. The lowest BCUT2D eigenvalue weighted by Crippen LogP contribution is -2.28. The van der Waals surface area contributed by atoms with Crippen molar-refractivity contribution in [2.75, 3.05) is 6.61 Å². The summed E-state index contributed by atoms with van der Waals surface area (Å²) in [5.74, 6) is -1.64. The van der Waals surface area contributed by atoms with E-state index in [4.69, 9.17) is 0 Å². The largest absolute Gasteiger partial charge is 0.534 e. The van der Waals surface area contributed by atoms with Crippen LogP contribution in [0.1, 0.15) is 17.3 Å². The summed E-state index contributed by atoms with van der Waals surface area (Å²) in [5, 5.41) is 0. The average molecular weight is 365 g/mol. The molecule has 0 unspecified atom stereocenters. The zero-order valence-corrected chi connectivity index (χ0v) is 12.8. The van der Waals surface area contributed by atoms with Crippen molar-refractivity contribution in [2.45, 2.75) is 12.4 Å². The van der Waals surface area contributed by atoms with E-state index >= 15 is 0 Å². The normalized spacial score (nSPS) is 12.2. The minimum Gasteiger partial charge on any atom is -0.462 e. The van der Waals surface area contributed by atoms with Crippen molar-refractivity contribution in [3.63, 3.8) is 0 Å². The number of hydrogen-bond acceptors (Lipinski definition) is 6. The Labute approximate surface area is 133 Å². The van der Waals surface area contributed by atoms with E-state index in [0.717, 1.165) is 22.7 Å². The first-order valence-electron chi connectivity index (χ1n) is 6.40. The van der Waals surface area contributed by atoms with Crippen molar-refractivity contribution < 1.29 is 35.3 Å². The number of rotatable bonds is 4. The second-order valence-corrected chi connectivity index (χ2v) is 5.95. The lowest BCUT2D eigenvalue weighted by Gasteiger charge is -2.10. The average Bonchev–Trinajstić information content (AvgIpc) is 2.47. The number of esters is 1. The Morgan fingerprint density at radius 2 is 1.83 bits per heavy atom. The highest BCUT2D eigenvalue weighted by molar-refractivity contribution is 7.87. The SMILES string of the molecule is CCOC(=O)c1ccc2ccc(OS(=O)(=O)C(F)(F)F)cn2c1=O. The molecule has 24 heavy (non-hydrogen) atoms. The Bertz CT molecular complexity index is 948. The van der Waals surface area contributed by atoms with Gasteiger partial charge in [0.05, 0.1) is 12.8 Å². The second-order valence-electron chi connectivity index (χ2n) is 4.42. The molecule has 2 aromatic rings. The first-order chi connectivity index (χ1) is 11.1. The van der Waals surface area contributed by atoms with Crippen LogP contribution in [0, 0.1) is 0 Å². The fourth-order valence-corrected chi connectivity index (χ4v) is 2.21. The van der Waals surface area contributed by atoms with Crippen molar-refractivity contribution in [1.29, 1.82) is 0 Å². The number of aromatic nitrogens is 1. The molecule has 0 aromatic carbocycles. The maximum Gasteiger partial charge on any atom is 0.534 e. The highest BCUT2D eigenvalue weighted by Gasteiger charge is 2.48. The smallest absolute Gasteiger partial charge is 0.462 e. The molecule has 11 heteroatoms. The number of nitrogens with zero attached hydrogens (tertiary/aromatic N) is 1. The third-order valence-electron chi connectivity index (χ3n) is 2.81. The Kier molecular flexibility index (Phi) is 4.56. The molecule has 0 N–H and O–H groups in total. The standard InChI is InChI=1S/C13H10F3NO6S/c1-2-22-12(19)10-6-4-8-3-5-9(7-17(8)11(10)18)23-24(20,21)13(14,15)16/h3-7H,2H2,1H3. The van der Waals surface area contributed by atoms with Crippen LogP contribution in [0.4, 0.5) is 13.2 Å². The third-order valence-corrected chi connectivity index (χ3v) is 3.79. The van der Waals surface area contributed by atoms with Gasteiger partial charge in [0.1, 0.15) is 5.56 Å². The van der Waals surface area contributed by atoms with Crippen LogP contribution < -0.4 is 9.74 Å². The zero-order valence-electron chi connectivity index (χ0n) is 12.0. The van der Waals surface area contributed by atoms with E-state index in [2.05, 4.69) is 8.92 Å². The van der Waals surface area contributed by atoms with E-state index in [1.54, 1.807) is 0 Å². The molecule has 2 heterocycles. The highest BCUT2D eigenvalue weighted by Crippen LogP contribution is 2.26. The molecule has 0 fully saturated rings. The molecule has 0 saturated carbocycles. The molecule has 0 spiro atoms.